The molecule has 6 nitrogen and oxygen atoms in total. The maximum Gasteiger partial charge on any atom is 0.168 e. The van der Waals surface area contributed by atoms with Gasteiger partial charge in [0.2, 0.25) is 0 Å². The zero-order chi connectivity index (χ0) is 17.1. The van der Waals surface area contributed by atoms with E-state index in [-0.39, 0.29) is 5.79 Å². The molecule has 25 heavy (non-hydrogen) atoms. The van der Waals surface area contributed by atoms with Crippen LogP contribution in [0.3, 0.4) is 0 Å². The van der Waals surface area contributed by atoms with Gasteiger partial charge in [-0.15, -0.1) is 0 Å². The first-order chi connectivity index (χ1) is 12.3. The molecule has 1 aromatic rings. The van der Waals surface area contributed by atoms with Gasteiger partial charge in [0.25, 0.3) is 0 Å². The van der Waals surface area contributed by atoms with Crippen LogP contribution in [-0.2, 0) is 15.9 Å². The summed E-state index contributed by atoms with van der Waals surface area (Å²) in [6.07, 6.45) is 9.40. The molecule has 1 aliphatic carbocycles. The van der Waals surface area contributed by atoms with Crippen molar-refractivity contribution in [3.8, 4) is 0 Å². The Morgan fingerprint density at radius 2 is 1.76 bits per heavy atom. The first kappa shape index (κ1) is 17.2. The highest BCUT2D eigenvalue weighted by Gasteiger charge is 2.40. The minimum absolute atomic E-state index is 0.245. The molecule has 1 aromatic heterocycles. The minimum atomic E-state index is -0.245. The van der Waals surface area contributed by atoms with Gasteiger partial charge in [-0.05, 0) is 32.1 Å². The zero-order valence-electron chi connectivity index (χ0n) is 15.2. The third kappa shape index (κ3) is 3.96. The number of anilines is 1. The van der Waals surface area contributed by atoms with Gasteiger partial charge < -0.3 is 19.7 Å². The predicted octanol–water partition coefficient (Wildman–Crippen LogP) is 2.28. The molecule has 0 amide bonds. The lowest BCUT2D eigenvalue weighted by Crippen LogP contribution is -2.49. The first-order valence-electron chi connectivity index (χ1n) is 9.86. The van der Waals surface area contributed by atoms with Crippen LogP contribution in [0.1, 0.15) is 51.1 Å². The summed E-state index contributed by atoms with van der Waals surface area (Å²) in [6.45, 7) is 5.80. The van der Waals surface area contributed by atoms with E-state index < -0.39 is 0 Å². The van der Waals surface area contributed by atoms with Crippen molar-refractivity contribution in [1.29, 1.82) is 0 Å². The number of aromatic nitrogens is 2. The van der Waals surface area contributed by atoms with Gasteiger partial charge in [0.05, 0.1) is 13.2 Å². The van der Waals surface area contributed by atoms with Gasteiger partial charge >= 0.3 is 0 Å². The lowest BCUT2D eigenvalue weighted by atomic mass is 9.89. The van der Waals surface area contributed by atoms with Crippen LogP contribution in [0.2, 0.25) is 0 Å². The van der Waals surface area contributed by atoms with Crippen molar-refractivity contribution in [2.45, 2.75) is 69.7 Å². The number of ether oxygens (including phenoxy) is 2. The fourth-order valence-electron chi connectivity index (χ4n) is 4.37. The van der Waals surface area contributed by atoms with Gasteiger partial charge in [-0.25, -0.2) is 9.97 Å². The normalized spacial score (nSPS) is 24.9. The van der Waals surface area contributed by atoms with Crippen molar-refractivity contribution in [2.24, 2.45) is 0 Å². The summed E-state index contributed by atoms with van der Waals surface area (Å²) in [5.41, 5.74) is 1.12. The largest absolute Gasteiger partial charge is 0.356 e. The summed E-state index contributed by atoms with van der Waals surface area (Å²) in [4.78, 5) is 11.2. The van der Waals surface area contributed by atoms with E-state index in [0.29, 0.717) is 12.1 Å². The Kier molecular flexibility index (Phi) is 5.20. The maximum atomic E-state index is 5.83. The molecule has 2 saturated heterocycles. The summed E-state index contributed by atoms with van der Waals surface area (Å²) in [6, 6.07) is 3.37. The first-order valence-corrected chi connectivity index (χ1v) is 9.86. The Morgan fingerprint density at radius 3 is 2.44 bits per heavy atom. The van der Waals surface area contributed by atoms with E-state index in [1.54, 1.807) is 6.33 Å². The van der Waals surface area contributed by atoms with Crippen molar-refractivity contribution in [1.82, 2.24) is 15.3 Å². The van der Waals surface area contributed by atoms with Gasteiger partial charge in [-0.3, -0.25) is 0 Å². The Morgan fingerprint density at radius 1 is 1.08 bits per heavy atom. The van der Waals surface area contributed by atoms with Crippen LogP contribution in [0.15, 0.2) is 12.4 Å². The van der Waals surface area contributed by atoms with Crippen LogP contribution in [0, 0.1) is 0 Å². The third-order valence-electron chi connectivity index (χ3n) is 5.92. The van der Waals surface area contributed by atoms with Crippen molar-refractivity contribution >= 4 is 5.82 Å². The van der Waals surface area contributed by atoms with E-state index in [2.05, 4.69) is 33.2 Å². The standard InChI is InChI=1S/C19H30N4O2/c1-2-15-13-18(21-14-20-15)23-9-5-17(6-10-23)22-16-3-7-19(8-4-16)24-11-12-25-19/h13-14,16-17,22H,2-12H2,1H3. The highest BCUT2D eigenvalue weighted by Crippen LogP contribution is 2.36. The summed E-state index contributed by atoms with van der Waals surface area (Å²) in [7, 11) is 0. The van der Waals surface area contributed by atoms with E-state index in [4.69, 9.17) is 9.47 Å². The summed E-state index contributed by atoms with van der Waals surface area (Å²) >= 11 is 0. The molecule has 3 aliphatic rings. The third-order valence-corrected chi connectivity index (χ3v) is 5.92. The minimum Gasteiger partial charge on any atom is -0.356 e. The number of rotatable bonds is 4. The van der Waals surface area contributed by atoms with Crippen molar-refractivity contribution < 1.29 is 9.47 Å². The Hall–Kier alpha value is -1.24. The highest BCUT2D eigenvalue weighted by atomic mass is 16.7. The van der Waals surface area contributed by atoms with E-state index in [9.17, 15) is 0 Å². The molecule has 2 aliphatic heterocycles. The van der Waals surface area contributed by atoms with Crippen LogP contribution in [-0.4, -0.2) is 54.1 Å². The summed E-state index contributed by atoms with van der Waals surface area (Å²) < 4.78 is 11.7. The molecule has 3 heterocycles. The van der Waals surface area contributed by atoms with Crippen molar-refractivity contribution in [3.05, 3.63) is 18.1 Å². The molecular weight excluding hydrogens is 316 g/mol. The lowest BCUT2D eigenvalue weighted by Gasteiger charge is -2.39. The molecule has 0 unspecified atom stereocenters. The average molecular weight is 346 g/mol. The Labute approximate surface area is 150 Å². The zero-order valence-corrected chi connectivity index (χ0v) is 15.2. The molecule has 1 saturated carbocycles. The molecular formula is C19H30N4O2. The number of hydrogen-bond donors (Lipinski definition) is 1. The van der Waals surface area contributed by atoms with Crippen LogP contribution in [0.25, 0.3) is 0 Å². The number of piperidine rings is 1. The maximum absolute atomic E-state index is 5.83. The summed E-state index contributed by atoms with van der Waals surface area (Å²) in [5.74, 6) is 0.839. The van der Waals surface area contributed by atoms with Crippen LogP contribution >= 0.6 is 0 Å². The molecule has 138 valence electrons. The second kappa shape index (κ2) is 7.56. The van der Waals surface area contributed by atoms with Gasteiger partial charge in [-0.1, -0.05) is 6.92 Å². The molecule has 3 fully saturated rings. The fourth-order valence-corrected chi connectivity index (χ4v) is 4.37. The molecule has 4 rings (SSSR count). The van der Waals surface area contributed by atoms with Gasteiger partial charge in [0, 0.05) is 49.8 Å². The summed E-state index contributed by atoms with van der Waals surface area (Å²) in [5, 5.41) is 3.89. The van der Waals surface area contributed by atoms with Crippen LogP contribution in [0.5, 0.6) is 0 Å². The fraction of sp³-hybridized carbons (Fsp3) is 0.789. The average Bonchev–Trinajstić information content (AvgIpc) is 3.13. The smallest absolute Gasteiger partial charge is 0.168 e. The number of nitrogens with one attached hydrogen (secondary N) is 1. The van der Waals surface area contributed by atoms with Crippen molar-refractivity contribution in [2.75, 3.05) is 31.2 Å². The van der Waals surface area contributed by atoms with Gasteiger partial charge in [0.15, 0.2) is 5.79 Å². The molecule has 1 spiro atoms. The second-order valence-electron chi connectivity index (χ2n) is 7.53. The highest BCUT2D eigenvalue weighted by molar-refractivity contribution is 5.39. The molecule has 0 atom stereocenters. The molecule has 0 aromatic carbocycles. The van der Waals surface area contributed by atoms with E-state index in [0.717, 1.165) is 69.9 Å². The Balaban J connectivity index is 1.24. The van der Waals surface area contributed by atoms with Crippen LogP contribution in [0.4, 0.5) is 5.82 Å². The topological polar surface area (TPSA) is 59.5 Å². The van der Waals surface area contributed by atoms with Gasteiger partial charge in [0.1, 0.15) is 12.1 Å². The molecule has 0 bridgehead atoms. The van der Waals surface area contributed by atoms with E-state index in [1.807, 2.05) is 0 Å². The predicted molar refractivity (Wildman–Crippen MR) is 96.7 cm³/mol. The van der Waals surface area contributed by atoms with E-state index in [1.165, 1.54) is 12.8 Å². The Bertz CT molecular complexity index is 558. The molecule has 6 heteroatoms. The lowest BCUT2D eigenvalue weighted by molar-refractivity contribution is -0.179. The van der Waals surface area contributed by atoms with Crippen LogP contribution < -0.4 is 10.2 Å². The van der Waals surface area contributed by atoms with Crippen molar-refractivity contribution in [3.63, 3.8) is 0 Å². The van der Waals surface area contributed by atoms with Gasteiger partial charge in [-0.2, -0.15) is 0 Å². The molecule has 0 radical (unpaired) electrons. The number of hydrogen-bond acceptors (Lipinski definition) is 6. The monoisotopic (exact) mass is 346 g/mol. The molecule has 1 N–H and O–H groups in total. The van der Waals surface area contributed by atoms with E-state index >= 15 is 0 Å². The number of nitrogens with zero attached hydrogens (tertiary/aromatic N) is 3. The number of aryl methyl sites for hydroxylation is 1. The quantitative estimate of drug-likeness (QED) is 0.903. The second-order valence-corrected chi connectivity index (χ2v) is 7.53. The SMILES string of the molecule is CCc1cc(N2CCC(NC3CCC4(CC3)OCCO4)CC2)ncn1.